The summed E-state index contributed by atoms with van der Waals surface area (Å²) in [5.41, 5.74) is 4.82. The number of alkyl carbamates (subject to hydrolysis) is 1. The standard InChI is InChI=1S/C17H33N5O3.HI/c1-17(2,3)25-16(24)21-9-6-8-20-15(19-4)22-10-5-7-13(12-22)11-14(18)23;/h13H,5-12H2,1-4H3,(H2,18,23)(H,19,20)(H,21,24);1H. The topological polar surface area (TPSA) is 109 Å². The fraction of sp³-hybridized carbons (Fsp3) is 0.824. The van der Waals surface area contributed by atoms with Gasteiger partial charge in [-0.1, -0.05) is 0 Å². The van der Waals surface area contributed by atoms with Crippen LogP contribution < -0.4 is 16.4 Å². The number of nitrogens with zero attached hydrogens (tertiary/aromatic N) is 2. The molecule has 0 aromatic heterocycles. The van der Waals surface area contributed by atoms with Gasteiger partial charge >= 0.3 is 6.09 Å². The zero-order valence-corrected chi connectivity index (χ0v) is 18.7. The van der Waals surface area contributed by atoms with Crippen molar-refractivity contribution in [3.63, 3.8) is 0 Å². The number of piperidine rings is 1. The maximum atomic E-state index is 11.6. The molecule has 2 amide bonds. The van der Waals surface area contributed by atoms with Crippen molar-refractivity contribution in [3.8, 4) is 0 Å². The number of nitrogens with one attached hydrogen (secondary N) is 2. The average molecular weight is 483 g/mol. The van der Waals surface area contributed by atoms with Crippen molar-refractivity contribution in [2.75, 3.05) is 33.2 Å². The molecule has 1 saturated heterocycles. The third-order valence-electron chi connectivity index (χ3n) is 3.83. The van der Waals surface area contributed by atoms with Gasteiger partial charge in [-0.25, -0.2) is 4.79 Å². The van der Waals surface area contributed by atoms with Gasteiger partial charge in [0.15, 0.2) is 5.96 Å². The maximum absolute atomic E-state index is 11.6. The summed E-state index contributed by atoms with van der Waals surface area (Å²) in [5, 5.41) is 6.04. The average Bonchev–Trinajstić information content (AvgIpc) is 2.48. The highest BCUT2D eigenvalue weighted by Gasteiger charge is 2.23. The summed E-state index contributed by atoms with van der Waals surface area (Å²) >= 11 is 0. The van der Waals surface area contributed by atoms with Crippen LogP contribution in [0.4, 0.5) is 4.79 Å². The minimum Gasteiger partial charge on any atom is -0.444 e. The molecule has 1 heterocycles. The third-order valence-corrected chi connectivity index (χ3v) is 3.83. The summed E-state index contributed by atoms with van der Waals surface area (Å²) in [6.07, 6.45) is 2.83. The van der Waals surface area contributed by atoms with E-state index in [0.29, 0.717) is 25.4 Å². The fourth-order valence-corrected chi connectivity index (χ4v) is 2.83. The molecule has 1 fully saturated rings. The van der Waals surface area contributed by atoms with E-state index in [1.807, 2.05) is 20.8 Å². The monoisotopic (exact) mass is 483 g/mol. The minimum absolute atomic E-state index is 0. The smallest absolute Gasteiger partial charge is 0.407 e. The van der Waals surface area contributed by atoms with E-state index >= 15 is 0 Å². The Hall–Kier alpha value is -1.26. The van der Waals surface area contributed by atoms with Gasteiger partial charge in [-0.3, -0.25) is 9.79 Å². The number of nitrogens with two attached hydrogens (primary N) is 1. The second kappa shape index (κ2) is 12.2. The van der Waals surface area contributed by atoms with E-state index in [4.69, 9.17) is 10.5 Å². The van der Waals surface area contributed by atoms with Crippen LogP contribution in [-0.2, 0) is 9.53 Å². The van der Waals surface area contributed by atoms with Crippen LogP contribution in [0.15, 0.2) is 4.99 Å². The largest absolute Gasteiger partial charge is 0.444 e. The van der Waals surface area contributed by atoms with Crippen molar-refractivity contribution in [2.45, 2.75) is 52.1 Å². The number of hydrogen-bond acceptors (Lipinski definition) is 4. The first-order chi connectivity index (χ1) is 11.7. The van der Waals surface area contributed by atoms with Gasteiger partial charge in [0.2, 0.25) is 5.91 Å². The molecule has 1 rings (SSSR count). The Morgan fingerprint density at radius 2 is 1.92 bits per heavy atom. The van der Waals surface area contributed by atoms with Crippen molar-refractivity contribution in [1.29, 1.82) is 0 Å². The van der Waals surface area contributed by atoms with E-state index in [1.54, 1.807) is 7.05 Å². The van der Waals surface area contributed by atoms with Crippen LogP contribution in [0.3, 0.4) is 0 Å². The Morgan fingerprint density at radius 3 is 2.50 bits per heavy atom. The van der Waals surface area contributed by atoms with Crippen molar-refractivity contribution in [2.24, 2.45) is 16.6 Å². The lowest BCUT2D eigenvalue weighted by atomic mass is 9.95. The zero-order valence-electron chi connectivity index (χ0n) is 16.3. The van der Waals surface area contributed by atoms with Crippen LogP contribution >= 0.6 is 24.0 Å². The summed E-state index contributed by atoms with van der Waals surface area (Å²) in [5.74, 6) is 0.869. The number of carbonyl (C=O) groups is 2. The number of likely N-dealkylation sites (tertiary alicyclic amines) is 1. The van der Waals surface area contributed by atoms with Gasteiger partial charge in [-0.05, 0) is 46.0 Å². The quantitative estimate of drug-likeness (QED) is 0.231. The number of halogens is 1. The number of aliphatic imine (C=N–C) groups is 1. The molecule has 26 heavy (non-hydrogen) atoms. The van der Waals surface area contributed by atoms with Crippen LogP contribution in [-0.4, -0.2) is 61.7 Å². The van der Waals surface area contributed by atoms with E-state index in [-0.39, 0.29) is 29.9 Å². The highest BCUT2D eigenvalue weighted by atomic mass is 127. The molecule has 0 aromatic carbocycles. The molecule has 4 N–H and O–H groups in total. The molecule has 0 saturated carbocycles. The molecule has 0 radical (unpaired) electrons. The van der Waals surface area contributed by atoms with E-state index in [9.17, 15) is 9.59 Å². The molecule has 0 aromatic rings. The van der Waals surface area contributed by atoms with Gasteiger partial charge in [0, 0.05) is 39.6 Å². The Morgan fingerprint density at radius 1 is 1.27 bits per heavy atom. The van der Waals surface area contributed by atoms with Crippen molar-refractivity contribution >= 4 is 41.9 Å². The summed E-state index contributed by atoms with van der Waals surface area (Å²) in [7, 11) is 1.75. The number of primary amides is 1. The summed E-state index contributed by atoms with van der Waals surface area (Å²) in [6, 6.07) is 0. The van der Waals surface area contributed by atoms with E-state index in [1.165, 1.54) is 0 Å². The van der Waals surface area contributed by atoms with Crippen LogP contribution in [0.1, 0.15) is 46.5 Å². The normalized spacial score (nSPS) is 17.9. The lowest BCUT2D eigenvalue weighted by Gasteiger charge is -2.34. The van der Waals surface area contributed by atoms with E-state index < -0.39 is 11.7 Å². The Bertz CT molecular complexity index is 480. The van der Waals surface area contributed by atoms with Crippen LogP contribution in [0.2, 0.25) is 0 Å². The molecule has 1 atom stereocenters. The summed E-state index contributed by atoms with van der Waals surface area (Å²) < 4.78 is 5.19. The molecule has 8 nitrogen and oxygen atoms in total. The highest BCUT2D eigenvalue weighted by Crippen LogP contribution is 2.19. The van der Waals surface area contributed by atoms with Crippen molar-refractivity contribution < 1.29 is 14.3 Å². The molecular formula is C17H34IN5O3. The van der Waals surface area contributed by atoms with Gasteiger partial charge in [0.05, 0.1) is 0 Å². The molecule has 1 aliphatic heterocycles. The first-order valence-electron chi connectivity index (χ1n) is 8.92. The molecule has 9 heteroatoms. The SMILES string of the molecule is CN=C(NCCCNC(=O)OC(C)(C)C)N1CCCC(CC(N)=O)C1.I. The van der Waals surface area contributed by atoms with Crippen LogP contribution in [0, 0.1) is 5.92 Å². The van der Waals surface area contributed by atoms with E-state index in [2.05, 4.69) is 20.5 Å². The van der Waals surface area contributed by atoms with Crippen LogP contribution in [0.25, 0.3) is 0 Å². The zero-order chi connectivity index (χ0) is 18.9. The van der Waals surface area contributed by atoms with Crippen molar-refractivity contribution in [3.05, 3.63) is 0 Å². The molecule has 1 unspecified atom stereocenters. The predicted molar refractivity (Wildman–Crippen MR) is 114 cm³/mol. The van der Waals surface area contributed by atoms with Gasteiger partial charge < -0.3 is 26.0 Å². The number of rotatable bonds is 6. The molecule has 0 spiro atoms. The summed E-state index contributed by atoms with van der Waals surface area (Å²) in [4.78, 5) is 29.1. The molecular weight excluding hydrogens is 449 g/mol. The Labute approximate surface area is 173 Å². The van der Waals surface area contributed by atoms with Gasteiger partial charge in [0.1, 0.15) is 5.60 Å². The van der Waals surface area contributed by atoms with E-state index in [0.717, 1.165) is 38.3 Å². The Balaban J connectivity index is 0.00000625. The molecule has 0 bridgehead atoms. The van der Waals surface area contributed by atoms with Gasteiger partial charge in [-0.2, -0.15) is 0 Å². The number of amides is 2. The van der Waals surface area contributed by atoms with Gasteiger partial charge in [0.25, 0.3) is 0 Å². The molecule has 0 aliphatic carbocycles. The fourth-order valence-electron chi connectivity index (χ4n) is 2.83. The number of ether oxygens (including phenoxy) is 1. The minimum atomic E-state index is -0.486. The first-order valence-corrected chi connectivity index (χ1v) is 8.92. The number of guanidine groups is 1. The molecule has 1 aliphatic rings. The second-order valence-electron chi connectivity index (χ2n) is 7.38. The van der Waals surface area contributed by atoms with Gasteiger partial charge in [-0.15, -0.1) is 24.0 Å². The second-order valence-corrected chi connectivity index (χ2v) is 7.38. The number of carbonyl (C=O) groups excluding carboxylic acids is 2. The first kappa shape index (κ1) is 24.7. The predicted octanol–water partition coefficient (Wildman–Crippen LogP) is 1.68. The number of hydrogen-bond donors (Lipinski definition) is 3. The highest BCUT2D eigenvalue weighted by molar-refractivity contribution is 14.0. The lowest BCUT2D eigenvalue weighted by molar-refractivity contribution is -0.119. The Kier molecular flexibility index (Phi) is 11.6. The van der Waals surface area contributed by atoms with Crippen molar-refractivity contribution in [1.82, 2.24) is 15.5 Å². The van der Waals surface area contributed by atoms with Crippen LogP contribution in [0.5, 0.6) is 0 Å². The third kappa shape index (κ3) is 10.7. The lowest BCUT2D eigenvalue weighted by Crippen LogP contribution is -2.47. The molecule has 152 valence electrons. The maximum Gasteiger partial charge on any atom is 0.407 e. The summed E-state index contributed by atoms with van der Waals surface area (Å²) in [6.45, 7) is 8.44.